The maximum absolute atomic E-state index is 12.7. The quantitative estimate of drug-likeness (QED) is 0.0824. The van der Waals surface area contributed by atoms with E-state index in [1.54, 1.807) is 6.92 Å². The largest absolute Gasteiger partial charge is 0.455 e. The number of rotatable bonds is 19. The van der Waals surface area contributed by atoms with E-state index < -0.39 is 6.29 Å². The van der Waals surface area contributed by atoms with Gasteiger partial charge >= 0.3 is 5.97 Å². The average molecular weight is 511 g/mol. The molecule has 0 N–H and O–H groups in total. The number of hydrogen-bond donors (Lipinski definition) is 0. The van der Waals surface area contributed by atoms with Gasteiger partial charge in [0.25, 0.3) is 0 Å². The van der Waals surface area contributed by atoms with Crippen molar-refractivity contribution in [2.24, 2.45) is 5.92 Å². The third-order valence-corrected chi connectivity index (χ3v) is 6.93. The smallest absolute Gasteiger partial charge is 0.317 e. The van der Waals surface area contributed by atoms with Crippen LogP contribution in [0, 0.1) is 5.92 Å². The lowest BCUT2D eigenvalue weighted by atomic mass is 10.0. The predicted molar refractivity (Wildman–Crippen MR) is 154 cm³/mol. The molecule has 0 amide bonds. The average Bonchev–Trinajstić information content (AvgIpc) is 2.85. The van der Waals surface area contributed by atoms with Gasteiger partial charge in [0, 0.05) is 12.5 Å². The van der Waals surface area contributed by atoms with Crippen LogP contribution in [0.25, 0.3) is 0 Å². The van der Waals surface area contributed by atoms with Crippen LogP contribution in [-0.4, -0.2) is 37.4 Å². The first-order valence-corrected chi connectivity index (χ1v) is 14.6. The molecule has 2 unspecified atom stereocenters. The highest BCUT2D eigenvalue weighted by Gasteiger charge is 2.27. The second kappa shape index (κ2) is 17.2. The van der Waals surface area contributed by atoms with Crippen LogP contribution in [0.2, 0.25) is 0 Å². The van der Waals surface area contributed by atoms with Crippen molar-refractivity contribution in [3.63, 3.8) is 0 Å². The molecular weight excluding hydrogens is 458 g/mol. The molecule has 0 aliphatic rings. The fourth-order valence-electron chi connectivity index (χ4n) is 5.04. The molecule has 0 aromatic heterocycles. The van der Waals surface area contributed by atoms with Crippen LogP contribution in [-0.2, 0) is 22.5 Å². The number of carbonyl (C=O) groups is 1. The van der Waals surface area contributed by atoms with Gasteiger partial charge in [-0.2, -0.15) is 0 Å². The molecule has 0 aliphatic carbocycles. The Kier molecular flexibility index (Phi) is 14.4. The number of esters is 1. The van der Waals surface area contributed by atoms with Crippen LogP contribution in [0.3, 0.4) is 0 Å². The summed E-state index contributed by atoms with van der Waals surface area (Å²) < 4.78 is 12.3. The molecule has 37 heavy (non-hydrogen) atoms. The summed E-state index contributed by atoms with van der Waals surface area (Å²) in [6.45, 7) is 7.58. The molecule has 4 heteroatoms. The van der Waals surface area contributed by atoms with Crippen LogP contribution in [0.4, 0.5) is 0 Å². The summed E-state index contributed by atoms with van der Waals surface area (Å²) >= 11 is 0. The van der Waals surface area contributed by atoms with Gasteiger partial charge in [0.2, 0.25) is 6.29 Å². The van der Waals surface area contributed by atoms with E-state index in [2.05, 4.69) is 57.4 Å². The molecule has 0 bridgehead atoms. The normalized spacial score (nSPS) is 13.2. The first kappa shape index (κ1) is 30.9. The highest BCUT2D eigenvalue weighted by atomic mass is 16.7. The standard InChI is InChI=1S/C33H52NO3/c1-6-7-8-9-10-11-12-13-14-16-20-30-23-19-24-32(25-30)36-29(3)37-33(35)28(2)26-34(4,5)27-31-21-17-15-18-22-31/h15,17-19,21-25,28-29H,6-14,16,20,26-27H2,1-5H3/q+1. The predicted octanol–water partition coefficient (Wildman–Crippen LogP) is 8.33. The number of nitrogens with zero attached hydrogens (tertiary/aromatic N) is 1. The van der Waals surface area contributed by atoms with Crippen molar-refractivity contribution in [2.75, 3.05) is 20.6 Å². The Morgan fingerprint density at radius 3 is 2.03 bits per heavy atom. The van der Waals surface area contributed by atoms with Crippen molar-refractivity contribution >= 4 is 5.97 Å². The fraction of sp³-hybridized carbons (Fsp3) is 0.606. The summed E-state index contributed by atoms with van der Waals surface area (Å²) in [5.41, 5.74) is 2.55. The molecule has 0 aliphatic heterocycles. The maximum Gasteiger partial charge on any atom is 0.317 e. The summed E-state index contributed by atoms with van der Waals surface area (Å²) in [5.74, 6) is 0.332. The molecular formula is C33H52NO3+. The first-order valence-electron chi connectivity index (χ1n) is 14.6. The number of hydrogen-bond acceptors (Lipinski definition) is 3. The van der Waals surface area contributed by atoms with Crippen molar-refractivity contribution < 1.29 is 18.8 Å². The van der Waals surface area contributed by atoms with E-state index in [9.17, 15) is 4.79 Å². The lowest BCUT2D eigenvalue weighted by Crippen LogP contribution is -2.44. The second-order valence-electron chi connectivity index (χ2n) is 11.4. The summed E-state index contributed by atoms with van der Waals surface area (Å²) in [5, 5.41) is 0. The van der Waals surface area contributed by atoms with Crippen molar-refractivity contribution in [2.45, 2.75) is 104 Å². The SMILES string of the molecule is CCCCCCCCCCCCc1cccc(OC(C)OC(=O)C(C)C[N+](C)(C)Cc2ccccc2)c1. The molecule has 0 radical (unpaired) electrons. The summed E-state index contributed by atoms with van der Waals surface area (Å²) in [6.07, 6.45) is 13.9. The number of aryl methyl sites for hydroxylation is 1. The van der Waals surface area contributed by atoms with E-state index in [-0.39, 0.29) is 11.9 Å². The van der Waals surface area contributed by atoms with E-state index in [4.69, 9.17) is 9.47 Å². The van der Waals surface area contributed by atoms with Crippen LogP contribution < -0.4 is 4.74 Å². The van der Waals surface area contributed by atoms with Crippen molar-refractivity contribution in [3.8, 4) is 5.75 Å². The number of unbranched alkanes of at least 4 members (excludes halogenated alkanes) is 9. The zero-order valence-corrected chi connectivity index (χ0v) is 24.2. The van der Waals surface area contributed by atoms with Gasteiger partial charge in [-0.1, -0.05) is 107 Å². The van der Waals surface area contributed by atoms with Gasteiger partial charge in [-0.05, 0) is 37.5 Å². The zero-order chi connectivity index (χ0) is 26.9. The van der Waals surface area contributed by atoms with E-state index in [1.165, 1.54) is 75.3 Å². The van der Waals surface area contributed by atoms with Gasteiger partial charge < -0.3 is 14.0 Å². The van der Waals surface area contributed by atoms with Gasteiger partial charge in [0.15, 0.2) is 0 Å². The lowest BCUT2D eigenvalue weighted by molar-refractivity contribution is -0.905. The van der Waals surface area contributed by atoms with Crippen molar-refractivity contribution in [1.82, 2.24) is 0 Å². The minimum Gasteiger partial charge on any atom is -0.455 e. The Hall–Kier alpha value is -2.33. The van der Waals surface area contributed by atoms with Gasteiger partial charge in [-0.15, -0.1) is 0 Å². The van der Waals surface area contributed by atoms with Crippen LogP contribution in [0.15, 0.2) is 54.6 Å². The van der Waals surface area contributed by atoms with Crippen LogP contribution in [0.1, 0.15) is 96.1 Å². The highest BCUT2D eigenvalue weighted by molar-refractivity contribution is 5.72. The zero-order valence-electron chi connectivity index (χ0n) is 24.2. The minimum absolute atomic E-state index is 0.215. The third kappa shape index (κ3) is 13.7. The van der Waals surface area contributed by atoms with Gasteiger partial charge in [-0.25, -0.2) is 0 Å². The Balaban J connectivity index is 1.67. The first-order chi connectivity index (χ1) is 17.8. The summed E-state index contributed by atoms with van der Waals surface area (Å²) in [4.78, 5) is 12.7. The highest BCUT2D eigenvalue weighted by Crippen LogP contribution is 2.19. The van der Waals surface area contributed by atoms with Crippen molar-refractivity contribution in [1.29, 1.82) is 0 Å². The maximum atomic E-state index is 12.7. The monoisotopic (exact) mass is 510 g/mol. The van der Waals surface area contributed by atoms with Crippen LogP contribution >= 0.6 is 0 Å². The summed E-state index contributed by atoms with van der Waals surface area (Å²) in [7, 11) is 4.30. The van der Waals surface area contributed by atoms with E-state index in [0.717, 1.165) is 23.2 Å². The Morgan fingerprint density at radius 2 is 1.38 bits per heavy atom. The number of benzene rings is 2. The Labute approximate surface area is 227 Å². The number of ether oxygens (including phenoxy) is 2. The Morgan fingerprint density at radius 1 is 0.784 bits per heavy atom. The molecule has 0 heterocycles. The van der Waals surface area contributed by atoms with E-state index in [0.29, 0.717) is 6.54 Å². The summed E-state index contributed by atoms with van der Waals surface area (Å²) in [6, 6.07) is 18.6. The van der Waals surface area contributed by atoms with E-state index >= 15 is 0 Å². The molecule has 2 atom stereocenters. The Bertz CT molecular complexity index is 880. The topological polar surface area (TPSA) is 35.5 Å². The molecule has 2 aromatic rings. The lowest BCUT2D eigenvalue weighted by Gasteiger charge is -2.32. The fourth-order valence-corrected chi connectivity index (χ4v) is 5.04. The minimum atomic E-state index is -0.618. The van der Waals surface area contributed by atoms with Gasteiger partial charge in [0.05, 0.1) is 20.6 Å². The second-order valence-corrected chi connectivity index (χ2v) is 11.4. The molecule has 0 spiro atoms. The molecule has 2 rings (SSSR count). The van der Waals surface area contributed by atoms with Crippen LogP contribution in [0.5, 0.6) is 5.75 Å². The molecule has 4 nitrogen and oxygen atoms in total. The molecule has 0 saturated carbocycles. The van der Waals surface area contributed by atoms with Crippen molar-refractivity contribution in [3.05, 3.63) is 65.7 Å². The molecule has 0 fully saturated rings. The number of carbonyl (C=O) groups excluding carboxylic acids is 1. The molecule has 0 saturated heterocycles. The van der Waals surface area contributed by atoms with Gasteiger partial charge in [0.1, 0.15) is 18.2 Å². The third-order valence-electron chi connectivity index (χ3n) is 6.93. The molecule has 2 aromatic carbocycles. The van der Waals surface area contributed by atoms with E-state index in [1.807, 2.05) is 25.1 Å². The number of quaternary nitrogens is 1. The van der Waals surface area contributed by atoms with Gasteiger partial charge in [-0.3, -0.25) is 4.79 Å². The molecule has 206 valence electrons.